The first-order valence-corrected chi connectivity index (χ1v) is 7.66. The smallest absolute Gasteiger partial charge is 0.251 e. The Kier molecular flexibility index (Phi) is 5.33. The van der Waals surface area contributed by atoms with E-state index in [4.69, 9.17) is 0 Å². The molecule has 5 heteroatoms. The number of anilines is 1. The topological polar surface area (TPSA) is 58.2 Å². The van der Waals surface area contributed by atoms with Gasteiger partial charge in [0.2, 0.25) is 5.91 Å². The number of amides is 2. The standard InChI is InChI=1S/C17H17BrN2O2/c1-11-5-3-6-12(2)16(11)20-15(21)10-19-17(22)13-7-4-8-14(18)9-13/h3-9H,10H2,1-2H3,(H,19,22)(H,20,21). The van der Waals surface area contributed by atoms with Gasteiger partial charge in [-0.05, 0) is 43.2 Å². The van der Waals surface area contributed by atoms with Crippen molar-refractivity contribution in [2.24, 2.45) is 0 Å². The van der Waals surface area contributed by atoms with Crippen molar-refractivity contribution in [3.63, 3.8) is 0 Å². The molecule has 0 atom stereocenters. The maximum absolute atomic E-state index is 12.0. The largest absolute Gasteiger partial charge is 0.343 e. The summed E-state index contributed by atoms with van der Waals surface area (Å²) in [6.07, 6.45) is 0. The van der Waals surface area contributed by atoms with Gasteiger partial charge < -0.3 is 10.6 Å². The lowest BCUT2D eigenvalue weighted by Gasteiger charge is -2.12. The van der Waals surface area contributed by atoms with Gasteiger partial charge in [0.15, 0.2) is 0 Å². The van der Waals surface area contributed by atoms with Gasteiger partial charge in [0, 0.05) is 15.7 Å². The Bertz CT molecular complexity index is 693. The molecule has 2 rings (SSSR count). The van der Waals surface area contributed by atoms with Crippen molar-refractivity contribution in [1.82, 2.24) is 5.32 Å². The Hall–Kier alpha value is -2.14. The second kappa shape index (κ2) is 7.22. The number of para-hydroxylation sites is 1. The van der Waals surface area contributed by atoms with Gasteiger partial charge in [0.1, 0.15) is 0 Å². The lowest BCUT2D eigenvalue weighted by atomic mass is 10.1. The second-order valence-electron chi connectivity index (χ2n) is 5.01. The molecule has 2 aromatic rings. The summed E-state index contributed by atoms with van der Waals surface area (Å²) in [7, 11) is 0. The fourth-order valence-electron chi connectivity index (χ4n) is 2.09. The number of hydrogen-bond donors (Lipinski definition) is 2. The average Bonchev–Trinajstić information content (AvgIpc) is 2.48. The van der Waals surface area contributed by atoms with Gasteiger partial charge in [0.25, 0.3) is 5.91 Å². The zero-order valence-electron chi connectivity index (χ0n) is 12.4. The van der Waals surface area contributed by atoms with Crippen LogP contribution in [0.3, 0.4) is 0 Å². The number of aryl methyl sites for hydroxylation is 2. The predicted octanol–water partition coefficient (Wildman–Crippen LogP) is 3.43. The summed E-state index contributed by atoms with van der Waals surface area (Å²) in [6, 6.07) is 12.8. The van der Waals surface area contributed by atoms with Crippen LogP contribution in [0.5, 0.6) is 0 Å². The van der Waals surface area contributed by atoms with Gasteiger partial charge in [-0.3, -0.25) is 9.59 Å². The third-order valence-corrected chi connectivity index (χ3v) is 3.74. The van der Waals surface area contributed by atoms with Crippen molar-refractivity contribution < 1.29 is 9.59 Å². The van der Waals surface area contributed by atoms with Crippen molar-refractivity contribution in [1.29, 1.82) is 0 Å². The summed E-state index contributed by atoms with van der Waals surface area (Å²) in [5.74, 6) is -0.529. The Morgan fingerprint density at radius 3 is 2.32 bits per heavy atom. The number of carbonyl (C=O) groups excluding carboxylic acids is 2. The molecule has 0 aliphatic heterocycles. The minimum Gasteiger partial charge on any atom is -0.343 e. The summed E-state index contributed by atoms with van der Waals surface area (Å²) >= 11 is 3.31. The molecule has 0 unspecified atom stereocenters. The van der Waals surface area contributed by atoms with E-state index < -0.39 is 0 Å². The summed E-state index contributed by atoms with van der Waals surface area (Å²) in [5, 5.41) is 5.45. The lowest BCUT2D eigenvalue weighted by Crippen LogP contribution is -2.33. The summed E-state index contributed by atoms with van der Waals surface area (Å²) in [6.45, 7) is 3.80. The van der Waals surface area contributed by atoms with Crippen LogP contribution in [0.2, 0.25) is 0 Å². The van der Waals surface area contributed by atoms with E-state index in [1.807, 2.05) is 38.1 Å². The molecule has 22 heavy (non-hydrogen) atoms. The van der Waals surface area contributed by atoms with Gasteiger partial charge in [-0.15, -0.1) is 0 Å². The molecule has 4 nitrogen and oxygen atoms in total. The summed E-state index contributed by atoms with van der Waals surface area (Å²) in [4.78, 5) is 24.0. The zero-order valence-corrected chi connectivity index (χ0v) is 14.0. The molecule has 0 heterocycles. The molecule has 2 N–H and O–H groups in total. The fourth-order valence-corrected chi connectivity index (χ4v) is 2.49. The Morgan fingerprint density at radius 1 is 1.05 bits per heavy atom. The maximum Gasteiger partial charge on any atom is 0.251 e. The third kappa shape index (κ3) is 4.18. The molecule has 0 fully saturated rings. The van der Waals surface area contributed by atoms with Crippen LogP contribution >= 0.6 is 15.9 Å². The van der Waals surface area contributed by atoms with Crippen LogP contribution in [0.4, 0.5) is 5.69 Å². The van der Waals surface area contributed by atoms with E-state index in [2.05, 4.69) is 26.6 Å². The molecule has 114 valence electrons. The van der Waals surface area contributed by atoms with E-state index in [1.54, 1.807) is 18.2 Å². The number of hydrogen-bond acceptors (Lipinski definition) is 2. The highest BCUT2D eigenvalue weighted by Crippen LogP contribution is 2.19. The number of halogens is 1. The number of nitrogens with one attached hydrogen (secondary N) is 2. The highest BCUT2D eigenvalue weighted by atomic mass is 79.9. The van der Waals surface area contributed by atoms with Crippen LogP contribution in [0.1, 0.15) is 21.5 Å². The predicted molar refractivity (Wildman–Crippen MR) is 91.0 cm³/mol. The zero-order chi connectivity index (χ0) is 16.1. The maximum atomic E-state index is 12.0. The average molecular weight is 361 g/mol. The number of carbonyl (C=O) groups is 2. The van der Waals surface area contributed by atoms with E-state index in [0.29, 0.717) is 5.56 Å². The van der Waals surface area contributed by atoms with Gasteiger partial charge in [-0.25, -0.2) is 0 Å². The minimum atomic E-state index is -0.280. The highest BCUT2D eigenvalue weighted by Gasteiger charge is 2.10. The molecule has 0 spiro atoms. The lowest BCUT2D eigenvalue weighted by molar-refractivity contribution is -0.115. The summed E-state index contributed by atoms with van der Waals surface area (Å²) < 4.78 is 0.820. The molecule has 0 aromatic heterocycles. The first-order valence-electron chi connectivity index (χ1n) is 6.87. The molecular weight excluding hydrogens is 344 g/mol. The van der Waals surface area contributed by atoms with Crippen molar-refractivity contribution in [2.45, 2.75) is 13.8 Å². The molecule has 0 radical (unpaired) electrons. The Labute approximate surface area is 138 Å². The van der Waals surface area contributed by atoms with E-state index in [9.17, 15) is 9.59 Å². The van der Waals surface area contributed by atoms with Crippen molar-refractivity contribution >= 4 is 33.4 Å². The first-order chi connectivity index (χ1) is 10.5. The Morgan fingerprint density at radius 2 is 1.68 bits per heavy atom. The molecule has 0 saturated heterocycles. The molecule has 0 saturated carbocycles. The SMILES string of the molecule is Cc1cccc(C)c1NC(=O)CNC(=O)c1cccc(Br)c1. The van der Waals surface area contributed by atoms with Crippen molar-refractivity contribution in [2.75, 3.05) is 11.9 Å². The fraction of sp³-hybridized carbons (Fsp3) is 0.176. The van der Waals surface area contributed by atoms with Crippen LogP contribution in [-0.2, 0) is 4.79 Å². The summed E-state index contributed by atoms with van der Waals surface area (Å²) in [5.41, 5.74) is 3.29. The third-order valence-electron chi connectivity index (χ3n) is 3.24. The van der Waals surface area contributed by atoms with Crippen LogP contribution < -0.4 is 10.6 Å². The molecular formula is C17H17BrN2O2. The second-order valence-corrected chi connectivity index (χ2v) is 5.92. The van der Waals surface area contributed by atoms with Crippen LogP contribution in [0, 0.1) is 13.8 Å². The van der Waals surface area contributed by atoms with Crippen molar-refractivity contribution in [3.8, 4) is 0 Å². The van der Waals surface area contributed by atoms with Gasteiger partial charge >= 0.3 is 0 Å². The number of benzene rings is 2. The van der Waals surface area contributed by atoms with Gasteiger partial charge in [-0.2, -0.15) is 0 Å². The van der Waals surface area contributed by atoms with E-state index in [0.717, 1.165) is 21.3 Å². The number of rotatable bonds is 4. The van der Waals surface area contributed by atoms with Crippen LogP contribution in [0.15, 0.2) is 46.9 Å². The van der Waals surface area contributed by atoms with E-state index in [-0.39, 0.29) is 18.4 Å². The Balaban J connectivity index is 1.94. The van der Waals surface area contributed by atoms with Crippen LogP contribution in [-0.4, -0.2) is 18.4 Å². The van der Waals surface area contributed by atoms with Gasteiger partial charge in [-0.1, -0.05) is 40.2 Å². The molecule has 2 amide bonds. The highest BCUT2D eigenvalue weighted by molar-refractivity contribution is 9.10. The van der Waals surface area contributed by atoms with Crippen molar-refractivity contribution in [3.05, 3.63) is 63.6 Å². The quantitative estimate of drug-likeness (QED) is 0.877. The molecule has 2 aromatic carbocycles. The van der Waals surface area contributed by atoms with Crippen LogP contribution in [0.25, 0.3) is 0 Å². The van der Waals surface area contributed by atoms with Gasteiger partial charge in [0.05, 0.1) is 6.54 Å². The minimum absolute atomic E-state index is 0.0703. The monoisotopic (exact) mass is 360 g/mol. The molecule has 0 aliphatic rings. The van der Waals surface area contributed by atoms with E-state index in [1.165, 1.54) is 0 Å². The first kappa shape index (κ1) is 16.2. The molecule has 0 aliphatic carbocycles. The molecule has 0 bridgehead atoms. The normalized spacial score (nSPS) is 10.1. The van der Waals surface area contributed by atoms with E-state index >= 15 is 0 Å².